The first-order valence-corrected chi connectivity index (χ1v) is 22.3. The summed E-state index contributed by atoms with van der Waals surface area (Å²) >= 11 is 0. The molecule has 0 unspecified atom stereocenters. The van der Waals surface area contributed by atoms with Crippen LogP contribution in [0.5, 0.6) is 11.5 Å². The molecule has 2 aliphatic carbocycles. The lowest BCUT2D eigenvalue weighted by Crippen LogP contribution is -2.27. The van der Waals surface area contributed by atoms with Gasteiger partial charge in [-0.1, -0.05) is 169 Å². The van der Waals surface area contributed by atoms with E-state index in [-0.39, 0.29) is 10.8 Å². The molecule has 2 heterocycles. The molecule has 3 aliphatic rings. The Morgan fingerprint density at radius 2 is 0.905 bits per heavy atom. The molecular weight excluding hydrogens is 765 g/mol. The average molecular weight is 811 g/mol. The molecule has 1 aliphatic heterocycles. The Balaban J connectivity index is 1.01. The minimum atomic E-state index is -0.467. The fraction of sp³-hybridized carbons (Fsp3) is 0.148. The first-order valence-electron chi connectivity index (χ1n) is 22.3. The minimum Gasteiger partial charge on any atom is -0.456 e. The maximum Gasteiger partial charge on any atom is 0.135 e. The van der Waals surface area contributed by atoms with E-state index >= 15 is 0 Å². The van der Waals surface area contributed by atoms with E-state index in [2.05, 4.69) is 199 Å². The number of fused-ring (bicyclic) bond motifs is 15. The summed E-state index contributed by atoms with van der Waals surface area (Å²) in [5.74, 6) is 1.77. The molecule has 0 bridgehead atoms. The second-order valence-corrected chi connectivity index (χ2v) is 20.0. The van der Waals surface area contributed by atoms with Gasteiger partial charge in [-0.25, -0.2) is 0 Å². The largest absolute Gasteiger partial charge is 0.456 e. The van der Waals surface area contributed by atoms with Crippen molar-refractivity contribution in [3.63, 3.8) is 0 Å². The second-order valence-electron chi connectivity index (χ2n) is 20.0. The van der Waals surface area contributed by atoms with Crippen molar-refractivity contribution in [2.45, 2.75) is 57.8 Å². The molecule has 1 spiro atoms. The van der Waals surface area contributed by atoms with E-state index in [0.29, 0.717) is 0 Å². The molecule has 2 heteroatoms. The van der Waals surface area contributed by atoms with Crippen LogP contribution in [0.25, 0.3) is 88.3 Å². The molecule has 0 saturated heterocycles. The minimum absolute atomic E-state index is 0.00251. The van der Waals surface area contributed by atoms with Crippen LogP contribution in [0.4, 0.5) is 0 Å². The molecule has 302 valence electrons. The zero-order chi connectivity index (χ0) is 42.6. The van der Waals surface area contributed by atoms with Crippen molar-refractivity contribution in [1.29, 1.82) is 0 Å². The van der Waals surface area contributed by atoms with Crippen LogP contribution in [-0.4, -0.2) is 0 Å². The molecule has 0 fully saturated rings. The predicted octanol–water partition coefficient (Wildman–Crippen LogP) is 16.8. The fourth-order valence-corrected chi connectivity index (χ4v) is 11.3. The van der Waals surface area contributed by atoms with Gasteiger partial charge in [0, 0.05) is 21.7 Å². The number of furan rings is 1. The standard InChI is InChI=1S/C61H46O2/c1-59(2,3)38-21-24-43-44-25-22-39(60(4,5)6)34-53(44)61(52(43)33-38)50-16-9-7-12-41(50)42-23-18-37(32-51(42)61)40-26-29-57-58-46(40)14-11-15-47(58)49-31-36(20-28-56(49)63-57)35-19-27-55-48(30-35)45-13-8-10-17-54(45)62-55/h7-34H,1-6H3. The van der Waals surface area contributed by atoms with E-state index < -0.39 is 5.41 Å². The lowest BCUT2D eigenvalue weighted by molar-refractivity contribution is 0.487. The highest BCUT2D eigenvalue weighted by molar-refractivity contribution is 6.11. The maximum absolute atomic E-state index is 6.78. The van der Waals surface area contributed by atoms with Crippen LogP contribution in [0.1, 0.15) is 74.9 Å². The number of benzene rings is 9. The SMILES string of the molecule is CC(C)(C)c1ccc2c(c1)C1(c3ccccc3-c3ccc(-c4ccc5c6c(cccc46)-c4cc(-c6ccc7oc8ccccc8c7c6)ccc4O5)cc31)c1cc(C(C)(C)C)ccc1-2. The normalized spacial score (nSPS) is 14.1. The Bertz CT molecular complexity index is 3560. The van der Waals surface area contributed by atoms with E-state index in [1.54, 1.807) is 0 Å². The zero-order valence-corrected chi connectivity index (χ0v) is 36.5. The highest BCUT2D eigenvalue weighted by atomic mass is 16.5. The summed E-state index contributed by atoms with van der Waals surface area (Å²) in [6.45, 7) is 14.0. The Morgan fingerprint density at radius 3 is 1.67 bits per heavy atom. The van der Waals surface area contributed by atoms with Crippen LogP contribution < -0.4 is 4.74 Å². The smallest absolute Gasteiger partial charge is 0.135 e. The lowest BCUT2D eigenvalue weighted by Gasteiger charge is -2.33. The van der Waals surface area contributed by atoms with Gasteiger partial charge in [0.1, 0.15) is 22.7 Å². The van der Waals surface area contributed by atoms with Crippen molar-refractivity contribution in [3.8, 4) is 67.1 Å². The van der Waals surface area contributed by atoms with Crippen molar-refractivity contribution in [1.82, 2.24) is 0 Å². The molecule has 0 radical (unpaired) electrons. The third-order valence-electron chi connectivity index (χ3n) is 14.4. The highest BCUT2D eigenvalue weighted by Crippen LogP contribution is 2.64. The number of hydrogen-bond acceptors (Lipinski definition) is 2. The third kappa shape index (κ3) is 5.01. The van der Waals surface area contributed by atoms with Gasteiger partial charge in [0.2, 0.25) is 0 Å². The van der Waals surface area contributed by atoms with Gasteiger partial charge in [0.05, 0.1) is 5.41 Å². The Labute approximate surface area is 368 Å². The van der Waals surface area contributed by atoms with Crippen molar-refractivity contribution in [2.75, 3.05) is 0 Å². The van der Waals surface area contributed by atoms with Crippen molar-refractivity contribution < 1.29 is 9.15 Å². The van der Waals surface area contributed by atoms with E-state index in [4.69, 9.17) is 9.15 Å². The summed E-state index contributed by atoms with van der Waals surface area (Å²) in [5.41, 5.74) is 21.8. The molecule has 9 aromatic carbocycles. The summed E-state index contributed by atoms with van der Waals surface area (Å²) in [7, 11) is 0. The lowest BCUT2D eigenvalue weighted by atomic mass is 9.68. The molecule has 2 nitrogen and oxygen atoms in total. The Morgan fingerprint density at radius 1 is 0.349 bits per heavy atom. The zero-order valence-electron chi connectivity index (χ0n) is 36.5. The van der Waals surface area contributed by atoms with Crippen LogP contribution in [0.3, 0.4) is 0 Å². The van der Waals surface area contributed by atoms with Gasteiger partial charge >= 0.3 is 0 Å². The first kappa shape index (κ1) is 36.5. The van der Waals surface area contributed by atoms with Gasteiger partial charge in [-0.15, -0.1) is 0 Å². The van der Waals surface area contributed by atoms with Crippen LogP contribution in [-0.2, 0) is 16.2 Å². The van der Waals surface area contributed by atoms with E-state index in [9.17, 15) is 0 Å². The van der Waals surface area contributed by atoms with Gasteiger partial charge in [-0.2, -0.15) is 0 Å². The molecule has 0 amide bonds. The molecular formula is C61H46O2. The van der Waals surface area contributed by atoms with Crippen molar-refractivity contribution in [3.05, 3.63) is 203 Å². The molecule has 10 aromatic rings. The summed E-state index contributed by atoms with van der Waals surface area (Å²) < 4.78 is 13.0. The predicted molar refractivity (Wildman–Crippen MR) is 261 cm³/mol. The summed E-state index contributed by atoms with van der Waals surface area (Å²) in [6, 6.07) is 63.6. The topological polar surface area (TPSA) is 22.4 Å². The molecule has 0 atom stereocenters. The summed E-state index contributed by atoms with van der Waals surface area (Å²) in [6.07, 6.45) is 0. The summed E-state index contributed by atoms with van der Waals surface area (Å²) in [5, 5.41) is 4.60. The van der Waals surface area contributed by atoms with E-state index in [1.807, 2.05) is 12.1 Å². The van der Waals surface area contributed by atoms with Crippen LogP contribution in [0.2, 0.25) is 0 Å². The van der Waals surface area contributed by atoms with Crippen molar-refractivity contribution >= 4 is 32.7 Å². The van der Waals surface area contributed by atoms with E-state index in [0.717, 1.165) is 55.5 Å². The molecule has 0 saturated carbocycles. The third-order valence-corrected chi connectivity index (χ3v) is 14.4. The van der Waals surface area contributed by atoms with Crippen LogP contribution in [0, 0.1) is 0 Å². The van der Waals surface area contributed by atoms with Gasteiger partial charge in [-0.05, 0) is 142 Å². The molecule has 13 rings (SSSR count). The number of para-hydroxylation sites is 1. The van der Waals surface area contributed by atoms with Gasteiger partial charge < -0.3 is 9.15 Å². The monoisotopic (exact) mass is 810 g/mol. The van der Waals surface area contributed by atoms with Crippen LogP contribution in [0.15, 0.2) is 174 Å². The van der Waals surface area contributed by atoms with Gasteiger partial charge in [0.25, 0.3) is 0 Å². The van der Waals surface area contributed by atoms with Gasteiger partial charge in [-0.3, -0.25) is 0 Å². The fourth-order valence-electron chi connectivity index (χ4n) is 11.3. The van der Waals surface area contributed by atoms with Crippen molar-refractivity contribution in [2.24, 2.45) is 0 Å². The number of hydrogen-bond donors (Lipinski definition) is 0. The number of ether oxygens (including phenoxy) is 1. The molecule has 63 heavy (non-hydrogen) atoms. The maximum atomic E-state index is 6.78. The van der Waals surface area contributed by atoms with Gasteiger partial charge in [0.15, 0.2) is 0 Å². The molecule has 0 N–H and O–H groups in total. The van der Waals surface area contributed by atoms with E-state index in [1.165, 1.54) is 77.7 Å². The first-order chi connectivity index (χ1) is 30.5. The average Bonchev–Trinajstić information content (AvgIpc) is 3.91. The number of rotatable bonds is 2. The Kier molecular flexibility index (Phi) is 7.23. The second kappa shape index (κ2) is 12.5. The van der Waals surface area contributed by atoms with Crippen LogP contribution >= 0.6 is 0 Å². The quantitative estimate of drug-likeness (QED) is 0.174. The highest BCUT2D eigenvalue weighted by Gasteiger charge is 2.52. The molecule has 1 aromatic heterocycles. The Hall–Kier alpha value is -7.16. The summed E-state index contributed by atoms with van der Waals surface area (Å²) in [4.78, 5) is 0.